The van der Waals surface area contributed by atoms with Crippen LogP contribution < -0.4 is 11.1 Å². The Morgan fingerprint density at radius 1 is 1.19 bits per heavy atom. The molecule has 0 saturated carbocycles. The fraction of sp³-hybridized carbons (Fsp3) is 0.133. The van der Waals surface area contributed by atoms with E-state index in [1.54, 1.807) is 12.1 Å². The summed E-state index contributed by atoms with van der Waals surface area (Å²) in [6.07, 6.45) is 0.146. The van der Waals surface area contributed by atoms with Crippen LogP contribution in [0.15, 0.2) is 46.9 Å². The molecule has 110 valence electrons. The predicted molar refractivity (Wildman–Crippen MR) is 90.8 cm³/mol. The molecule has 1 unspecified atom stereocenters. The third kappa shape index (κ3) is 4.45. The van der Waals surface area contributed by atoms with Gasteiger partial charge in [-0.25, -0.2) is 0 Å². The second-order valence-corrected chi connectivity index (χ2v) is 6.24. The SMILES string of the molecule is NC(CC(=O)Nc1c(Cl)cc(Br)cc1Cl)c1ccccc1. The Morgan fingerprint density at radius 2 is 1.76 bits per heavy atom. The first-order valence-electron chi connectivity index (χ1n) is 6.22. The van der Waals surface area contributed by atoms with Crippen LogP contribution in [0.1, 0.15) is 18.0 Å². The van der Waals surface area contributed by atoms with Crippen LogP contribution in [0.3, 0.4) is 0 Å². The number of amides is 1. The van der Waals surface area contributed by atoms with E-state index >= 15 is 0 Å². The Labute approximate surface area is 141 Å². The van der Waals surface area contributed by atoms with Gasteiger partial charge < -0.3 is 11.1 Å². The van der Waals surface area contributed by atoms with Gasteiger partial charge in [0.1, 0.15) is 0 Å². The molecule has 1 amide bonds. The van der Waals surface area contributed by atoms with Crippen LogP contribution in [0, 0.1) is 0 Å². The Morgan fingerprint density at radius 3 is 2.33 bits per heavy atom. The van der Waals surface area contributed by atoms with Gasteiger partial charge >= 0.3 is 0 Å². The van der Waals surface area contributed by atoms with Gasteiger partial charge in [-0.05, 0) is 17.7 Å². The Bertz CT molecular complexity index is 626. The third-order valence-corrected chi connectivity index (χ3v) is 3.96. The van der Waals surface area contributed by atoms with Crippen molar-refractivity contribution >= 4 is 50.7 Å². The smallest absolute Gasteiger partial charge is 0.226 e. The fourth-order valence-corrected chi connectivity index (χ4v) is 3.17. The zero-order chi connectivity index (χ0) is 15.4. The van der Waals surface area contributed by atoms with Crippen LogP contribution in [-0.4, -0.2) is 5.91 Å². The van der Waals surface area contributed by atoms with Crippen LogP contribution in [0.2, 0.25) is 10.0 Å². The average Bonchev–Trinajstić information content (AvgIpc) is 2.43. The molecule has 0 bridgehead atoms. The predicted octanol–water partition coefficient (Wildman–Crippen LogP) is 4.78. The molecule has 0 spiro atoms. The maximum atomic E-state index is 12.1. The topological polar surface area (TPSA) is 55.1 Å². The maximum absolute atomic E-state index is 12.1. The molecule has 6 heteroatoms. The first-order chi connectivity index (χ1) is 9.97. The zero-order valence-electron chi connectivity index (χ0n) is 10.9. The van der Waals surface area contributed by atoms with E-state index in [1.165, 1.54) is 0 Å². The molecular formula is C15H13BrCl2N2O. The van der Waals surface area contributed by atoms with Crippen molar-refractivity contribution in [3.8, 4) is 0 Å². The number of anilines is 1. The van der Waals surface area contributed by atoms with E-state index in [2.05, 4.69) is 21.2 Å². The summed E-state index contributed by atoms with van der Waals surface area (Å²) >= 11 is 15.4. The minimum Gasteiger partial charge on any atom is -0.324 e. The molecular weight excluding hydrogens is 375 g/mol. The summed E-state index contributed by atoms with van der Waals surface area (Å²) in [5, 5.41) is 3.45. The van der Waals surface area contributed by atoms with Gasteiger partial charge in [-0.3, -0.25) is 4.79 Å². The number of nitrogens with one attached hydrogen (secondary N) is 1. The van der Waals surface area contributed by atoms with E-state index in [9.17, 15) is 4.79 Å². The lowest BCUT2D eigenvalue weighted by atomic mass is 10.0. The van der Waals surface area contributed by atoms with Gasteiger partial charge in [0.05, 0.1) is 15.7 Å². The fourth-order valence-electron chi connectivity index (χ4n) is 1.87. The molecule has 0 saturated heterocycles. The second-order valence-electron chi connectivity index (χ2n) is 4.51. The molecule has 0 radical (unpaired) electrons. The highest BCUT2D eigenvalue weighted by molar-refractivity contribution is 9.10. The first-order valence-corrected chi connectivity index (χ1v) is 7.77. The molecule has 0 heterocycles. The third-order valence-electron chi connectivity index (χ3n) is 2.90. The van der Waals surface area contributed by atoms with Crippen molar-refractivity contribution in [2.24, 2.45) is 5.73 Å². The summed E-state index contributed by atoms with van der Waals surface area (Å²) in [5.41, 5.74) is 7.31. The summed E-state index contributed by atoms with van der Waals surface area (Å²) in [4.78, 5) is 12.1. The van der Waals surface area contributed by atoms with Gasteiger partial charge in [0.15, 0.2) is 0 Å². The van der Waals surface area contributed by atoms with Gasteiger partial charge in [0.25, 0.3) is 0 Å². The highest BCUT2D eigenvalue weighted by Gasteiger charge is 2.15. The van der Waals surface area contributed by atoms with Crippen molar-refractivity contribution in [2.45, 2.75) is 12.5 Å². The normalized spacial score (nSPS) is 12.0. The quantitative estimate of drug-likeness (QED) is 0.792. The molecule has 1 atom stereocenters. The molecule has 0 aliphatic rings. The minimum atomic E-state index is -0.376. The number of hydrogen-bond acceptors (Lipinski definition) is 2. The number of carbonyl (C=O) groups is 1. The van der Waals surface area contributed by atoms with Crippen molar-refractivity contribution in [1.82, 2.24) is 0 Å². The van der Waals surface area contributed by atoms with Crippen molar-refractivity contribution < 1.29 is 4.79 Å². The summed E-state index contributed by atoms with van der Waals surface area (Å²) in [6, 6.07) is 12.4. The lowest BCUT2D eigenvalue weighted by molar-refractivity contribution is -0.116. The molecule has 2 aromatic rings. The van der Waals surface area contributed by atoms with E-state index in [0.717, 1.165) is 10.0 Å². The van der Waals surface area contributed by atoms with E-state index in [-0.39, 0.29) is 18.4 Å². The monoisotopic (exact) mass is 386 g/mol. The van der Waals surface area contributed by atoms with Crippen molar-refractivity contribution in [1.29, 1.82) is 0 Å². The molecule has 3 N–H and O–H groups in total. The van der Waals surface area contributed by atoms with E-state index in [0.29, 0.717) is 15.7 Å². The molecule has 0 aromatic heterocycles. The number of halogens is 3. The van der Waals surface area contributed by atoms with Gasteiger partial charge in [-0.15, -0.1) is 0 Å². The minimum absolute atomic E-state index is 0.146. The molecule has 2 aromatic carbocycles. The summed E-state index contributed by atoms with van der Waals surface area (Å²) in [5.74, 6) is -0.238. The Balaban J connectivity index is 2.06. The second kappa shape index (κ2) is 7.27. The molecule has 0 aliphatic carbocycles. The van der Waals surface area contributed by atoms with Crippen molar-refractivity contribution in [3.63, 3.8) is 0 Å². The Kier molecular flexibility index (Phi) is 5.65. The standard InChI is InChI=1S/C15H13BrCl2N2O/c16-10-6-11(17)15(12(18)7-10)20-14(21)8-13(19)9-4-2-1-3-5-9/h1-7,13H,8,19H2,(H,20,21). The molecule has 2 rings (SSSR count). The lowest BCUT2D eigenvalue weighted by Crippen LogP contribution is -2.20. The van der Waals surface area contributed by atoms with Crippen LogP contribution >= 0.6 is 39.1 Å². The number of nitrogens with two attached hydrogens (primary N) is 1. The number of rotatable bonds is 4. The van der Waals surface area contributed by atoms with Crippen LogP contribution in [0.5, 0.6) is 0 Å². The van der Waals surface area contributed by atoms with Crippen molar-refractivity contribution in [3.05, 3.63) is 62.5 Å². The van der Waals surface area contributed by atoms with Crippen molar-refractivity contribution in [2.75, 3.05) is 5.32 Å². The largest absolute Gasteiger partial charge is 0.324 e. The highest BCUT2D eigenvalue weighted by Crippen LogP contribution is 2.34. The van der Waals surface area contributed by atoms with Gasteiger partial charge in [-0.1, -0.05) is 69.5 Å². The number of benzene rings is 2. The molecule has 21 heavy (non-hydrogen) atoms. The lowest BCUT2D eigenvalue weighted by Gasteiger charge is -2.14. The van der Waals surface area contributed by atoms with E-state index < -0.39 is 0 Å². The zero-order valence-corrected chi connectivity index (χ0v) is 14.0. The first kappa shape index (κ1) is 16.3. The number of carbonyl (C=O) groups excluding carboxylic acids is 1. The average molecular weight is 388 g/mol. The maximum Gasteiger partial charge on any atom is 0.226 e. The summed E-state index contributed by atoms with van der Waals surface area (Å²) < 4.78 is 0.747. The van der Waals surface area contributed by atoms with E-state index in [1.807, 2.05) is 30.3 Å². The summed E-state index contributed by atoms with van der Waals surface area (Å²) in [7, 11) is 0. The molecule has 3 nitrogen and oxygen atoms in total. The highest BCUT2D eigenvalue weighted by atomic mass is 79.9. The van der Waals surface area contributed by atoms with E-state index in [4.69, 9.17) is 28.9 Å². The van der Waals surface area contributed by atoms with Crippen LogP contribution in [-0.2, 0) is 4.79 Å². The number of hydrogen-bond donors (Lipinski definition) is 2. The van der Waals surface area contributed by atoms with Crippen LogP contribution in [0.25, 0.3) is 0 Å². The molecule has 0 fully saturated rings. The van der Waals surface area contributed by atoms with Gasteiger partial charge in [-0.2, -0.15) is 0 Å². The van der Waals surface area contributed by atoms with Crippen LogP contribution in [0.4, 0.5) is 5.69 Å². The molecule has 0 aliphatic heterocycles. The Hall–Kier alpha value is -1.07. The summed E-state index contributed by atoms with van der Waals surface area (Å²) in [6.45, 7) is 0. The van der Waals surface area contributed by atoms with Gasteiger partial charge in [0, 0.05) is 16.9 Å². The van der Waals surface area contributed by atoms with Gasteiger partial charge in [0.2, 0.25) is 5.91 Å².